The highest BCUT2D eigenvalue weighted by molar-refractivity contribution is 6.42. The van der Waals surface area contributed by atoms with Crippen LogP contribution in [0.15, 0.2) is 42.7 Å². The number of rotatable bonds is 4. The second-order valence-electron chi connectivity index (χ2n) is 5.76. The van der Waals surface area contributed by atoms with Gasteiger partial charge in [0, 0.05) is 12.4 Å². The number of carbonyl (C=O) groups excluding carboxylic acids is 1. The van der Waals surface area contributed by atoms with Crippen molar-refractivity contribution in [3.63, 3.8) is 0 Å². The second kappa shape index (κ2) is 6.83. The van der Waals surface area contributed by atoms with E-state index < -0.39 is 0 Å². The van der Waals surface area contributed by atoms with Crippen molar-refractivity contribution in [3.05, 3.63) is 69.6 Å². The highest BCUT2D eigenvalue weighted by atomic mass is 35.5. The molecule has 0 aliphatic carbocycles. The van der Waals surface area contributed by atoms with Crippen LogP contribution in [0.5, 0.6) is 0 Å². The van der Waals surface area contributed by atoms with E-state index in [1.807, 2.05) is 54.9 Å². The Labute approximate surface area is 150 Å². The number of nitrogens with zero attached hydrogens (tertiary/aromatic N) is 2. The van der Waals surface area contributed by atoms with Crippen LogP contribution in [0.4, 0.5) is 0 Å². The predicted molar refractivity (Wildman–Crippen MR) is 96.7 cm³/mol. The summed E-state index contributed by atoms with van der Waals surface area (Å²) >= 11 is 12.2. The molecule has 0 aliphatic rings. The van der Waals surface area contributed by atoms with Gasteiger partial charge in [-0.05, 0) is 37.1 Å². The van der Waals surface area contributed by atoms with Crippen LogP contribution in [0, 0.1) is 6.92 Å². The van der Waals surface area contributed by atoms with Crippen molar-refractivity contribution < 1.29 is 4.79 Å². The molecule has 2 aromatic heterocycles. The van der Waals surface area contributed by atoms with Crippen molar-refractivity contribution in [1.29, 1.82) is 0 Å². The summed E-state index contributed by atoms with van der Waals surface area (Å²) in [6.07, 6.45) is 4.01. The minimum atomic E-state index is -0.234. The summed E-state index contributed by atoms with van der Waals surface area (Å²) in [5, 5.41) is 3.89. The Bertz CT molecular complexity index is 904. The third-order valence-corrected chi connectivity index (χ3v) is 4.73. The molecular weight excluding hydrogens is 345 g/mol. The van der Waals surface area contributed by atoms with Crippen molar-refractivity contribution in [2.45, 2.75) is 26.3 Å². The molecule has 3 aromatic rings. The molecule has 2 heterocycles. The molecular formula is C18H17Cl2N3O. The van der Waals surface area contributed by atoms with Gasteiger partial charge in [-0.1, -0.05) is 41.4 Å². The molecule has 0 bridgehead atoms. The molecule has 3 rings (SSSR count). The third-order valence-electron chi connectivity index (χ3n) is 3.89. The second-order valence-corrected chi connectivity index (χ2v) is 6.55. The quantitative estimate of drug-likeness (QED) is 0.749. The maximum absolute atomic E-state index is 12.3. The van der Waals surface area contributed by atoms with Crippen LogP contribution in [0.25, 0.3) is 5.65 Å². The molecule has 6 heteroatoms. The summed E-state index contributed by atoms with van der Waals surface area (Å²) < 4.78 is 1.93. The van der Waals surface area contributed by atoms with Gasteiger partial charge in [-0.3, -0.25) is 4.79 Å². The smallest absolute Gasteiger partial charge is 0.226 e. The van der Waals surface area contributed by atoms with Crippen LogP contribution < -0.4 is 5.32 Å². The van der Waals surface area contributed by atoms with Crippen LogP contribution in [0.1, 0.15) is 29.8 Å². The number of amides is 1. The van der Waals surface area contributed by atoms with E-state index in [0.717, 1.165) is 22.5 Å². The van der Waals surface area contributed by atoms with Gasteiger partial charge in [0.05, 0.1) is 28.2 Å². The Hall–Kier alpha value is -2.04. The number of aromatic nitrogens is 2. The van der Waals surface area contributed by atoms with Gasteiger partial charge in [0.25, 0.3) is 0 Å². The van der Waals surface area contributed by atoms with Crippen LogP contribution in [0.2, 0.25) is 10.0 Å². The fourth-order valence-electron chi connectivity index (χ4n) is 2.68. The topological polar surface area (TPSA) is 46.4 Å². The summed E-state index contributed by atoms with van der Waals surface area (Å²) in [4.78, 5) is 16.8. The molecule has 0 saturated heterocycles. The largest absolute Gasteiger partial charge is 0.349 e. The number of nitrogens with one attached hydrogen (secondary N) is 1. The number of aryl methyl sites for hydroxylation is 1. The van der Waals surface area contributed by atoms with E-state index in [0.29, 0.717) is 10.0 Å². The van der Waals surface area contributed by atoms with Crippen molar-refractivity contribution >= 4 is 34.8 Å². The Morgan fingerprint density at radius 2 is 2.08 bits per heavy atom. The van der Waals surface area contributed by atoms with E-state index in [9.17, 15) is 4.79 Å². The Kier molecular flexibility index (Phi) is 4.78. The lowest BCUT2D eigenvalue weighted by Crippen LogP contribution is -2.28. The van der Waals surface area contributed by atoms with E-state index in [4.69, 9.17) is 23.2 Å². The van der Waals surface area contributed by atoms with E-state index in [1.54, 1.807) is 6.07 Å². The van der Waals surface area contributed by atoms with Gasteiger partial charge in [-0.25, -0.2) is 4.98 Å². The number of pyridine rings is 1. The van der Waals surface area contributed by atoms with Crippen molar-refractivity contribution in [2.75, 3.05) is 0 Å². The summed E-state index contributed by atoms with van der Waals surface area (Å²) in [6, 6.07) is 9.11. The van der Waals surface area contributed by atoms with E-state index in [-0.39, 0.29) is 18.4 Å². The van der Waals surface area contributed by atoms with Gasteiger partial charge in [0.1, 0.15) is 5.65 Å². The van der Waals surface area contributed by atoms with Crippen LogP contribution in [-0.4, -0.2) is 15.3 Å². The zero-order chi connectivity index (χ0) is 17.3. The minimum absolute atomic E-state index is 0.111. The van der Waals surface area contributed by atoms with Gasteiger partial charge in [-0.2, -0.15) is 0 Å². The SMILES string of the molecule is Cc1cccn2cc(CC(=O)NC(C)c3cccc(Cl)c3Cl)nc12. The molecule has 0 fully saturated rings. The normalized spacial score (nSPS) is 12.3. The predicted octanol–water partition coefficient (Wildman–Crippen LogP) is 4.37. The molecule has 4 nitrogen and oxygen atoms in total. The number of fused-ring (bicyclic) bond motifs is 1. The number of benzene rings is 1. The molecule has 0 saturated carbocycles. The van der Waals surface area contributed by atoms with Crippen LogP contribution >= 0.6 is 23.2 Å². The number of imidazole rings is 1. The highest BCUT2D eigenvalue weighted by Crippen LogP contribution is 2.29. The molecule has 1 amide bonds. The standard InChI is InChI=1S/C18H17Cl2N3O/c1-11-5-4-8-23-10-13(22-18(11)23)9-16(24)21-12(2)14-6-3-7-15(19)17(14)20/h3-8,10,12H,9H2,1-2H3,(H,21,24). The molecule has 1 atom stereocenters. The van der Waals surface area contributed by atoms with E-state index >= 15 is 0 Å². The fourth-order valence-corrected chi connectivity index (χ4v) is 3.15. The first-order valence-electron chi connectivity index (χ1n) is 7.62. The molecule has 1 unspecified atom stereocenters. The monoisotopic (exact) mass is 361 g/mol. The Balaban J connectivity index is 1.72. The maximum Gasteiger partial charge on any atom is 0.226 e. The van der Waals surface area contributed by atoms with Crippen LogP contribution in [-0.2, 0) is 11.2 Å². The summed E-state index contributed by atoms with van der Waals surface area (Å²) in [5.74, 6) is -0.111. The number of halogens is 2. The first-order chi connectivity index (χ1) is 11.5. The fraction of sp³-hybridized carbons (Fsp3) is 0.222. The summed E-state index contributed by atoms with van der Waals surface area (Å²) in [7, 11) is 0. The zero-order valence-corrected chi connectivity index (χ0v) is 14.9. The molecule has 24 heavy (non-hydrogen) atoms. The highest BCUT2D eigenvalue weighted by Gasteiger charge is 2.15. The lowest BCUT2D eigenvalue weighted by molar-refractivity contribution is -0.121. The van der Waals surface area contributed by atoms with Gasteiger partial charge >= 0.3 is 0 Å². The lowest BCUT2D eigenvalue weighted by atomic mass is 10.1. The number of hydrogen-bond acceptors (Lipinski definition) is 2. The minimum Gasteiger partial charge on any atom is -0.349 e. The molecule has 0 radical (unpaired) electrons. The molecule has 0 spiro atoms. The lowest BCUT2D eigenvalue weighted by Gasteiger charge is -2.16. The molecule has 0 aliphatic heterocycles. The van der Waals surface area contributed by atoms with Crippen molar-refractivity contribution in [1.82, 2.24) is 14.7 Å². The zero-order valence-electron chi connectivity index (χ0n) is 13.4. The van der Waals surface area contributed by atoms with Gasteiger partial charge in [0.2, 0.25) is 5.91 Å². The Morgan fingerprint density at radius 3 is 2.83 bits per heavy atom. The van der Waals surface area contributed by atoms with Crippen molar-refractivity contribution in [3.8, 4) is 0 Å². The number of carbonyl (C=O) groups is 1. The summed E-state index contributed by atoms with van der Waals surface area (Å²) in [6.45, 7) is 3.87. The third kappa shape index (κ3) is 3.40. The van der Waals surface area contributed by atoms with Gasteiger partial charge in [0.15, 0.2) is 0 Å². The van der Waals surface area contributed by atoms with E-state index in [2.05, 4.69) is 10.3 Å². The molecule has 1 aromatic carbocycles. The van der Waals surface area contributed by atoms with Crippen LogP contribution in [0.3, 0.4) is 0 Å². The van der Waals surface area contributed by atoms with E-state index in [1.165, 1.54) is 0 Å². The molecule has 124 valence electrons. The van der Waals surface area contributed by atoms with Crippen molar-refractivity contribution in [2.24, 2.45) is 0 Å². The first kappa shape index (κ1) is 16.8. The number of hydrogen-bond donors (Lipinski definition) is 1. The first-order valence-corrected chi connectivity index (χ1v) is 8.38. The Morgan fingerprint density at radius 1 is 1.29 bits per heavy atom. The van der Waals surface area contributed by atoms with Gasteiger partial charge < -0.3 is 9.72 Å². The summed E-state index contributed by atoms with van der Waals surface area (Å²) in [5.41, 5.74) is 3.46. The average Bonchev–Trinajstić information content (AvgIpc) is 2.93. The molecule has 1 N–H and O–H groups in total. The maximum atomic E-state index is 12.3. The van der Waals surface area contributed by atoms with Gasteiger partial charge in [-0.15, -0.1) is 0 Å². The average molecular weight is 362 g/mol.